The van der Waals surface area contributed by atoms with E-state index in [0.717, 1.165) is 28.8 Å². The molecule has 0 saturated carbocycles. The molecule has 0 aromatic carbocycles. The van der Waals surface area contributed by atoms with Crippen LogP contribution in [0.15, 0.2) is 42.9 Å². The Balaban J connectivity index is 1.67. The van der Waals surface area contributed by atoms with Crippen LogP contribution in [0.2, 0.25) is 5.15 Å². The molecule has 3 aromatic rings. The minimum absolute atomic E-state index is 0.0745. The van der Waals surface area contributed by atoms with Crippen LogP contribution in [-0.4, -0.2) is 26.1 Å². The zero-order valence-electron chi connectivity index (χ0n) is 13.8. The molecule has 0 aliphatic rings. The molecule has 3 aromatic heterocycles. The fourth-order valence-corrected chi connectivity index (χ4v) is 2.69. The zero-order chi connectivity index (χ0) is 17.6. The maximum atomic E-state index is 12.3. The molecule has 0 bridgehead atoms. The van der Waals surface area contributed by atoms with E-state index in [1.165, 1.54) is 0 Å². The maximum absolute atomic E-state index is 12.3. The van der Waals surface area contributed by atoms with Crippen molar-refractivity contribution in [3.63, 3.8) is 0 Å². The highest BCUT2D eigenvalue weighted by molar-refractivity contribution is 6.29. The van der Waals surface area contributed by atoms with Crippen molar-refractivity contribution in [3.05, 3.63) is 59.1 Å². The van der Waals surface area contributed by atoms with Crippen LogP contribution < -0.4 is 5.32 Å². The number of aryl methyl sites for hydroxylation is 1. The van der Waals surface area contributed by atoms with Crippen LogP contribution in [0.4, 0.5) is 5.82 Å². The quantitative estimate of drug-likeness (QED) is 0.661. The van der Waals surface area contributed by atoms with Gasteiger partial charge in [0.25, 0.3) is 0 Å². The number of rotatable bonds is 6. The van der Waals surface area contributed by atoms with E-state index in [1.807, 2.05) is 25.1 Å². The molecule has 0 saturated heterocycles. The van der Waals surface area contributed by atoms with Crippen molar-refractivity contribution in [1.29, 1.82) is 0 Å². The van der Waals surface area contributed by atoms with Gasteiger partial charge in [0.1, 0.15) is 11.0 Å². The minimum atomic E-state index is -0.0745. The fourth-order valence-electron chi connectivity index (χ4n) is 2.58. The van der Waals surface area contributed by atoms with E-state index in [1.54, 1.807) is 24.7 Å². The second kappa shape index (κ2) is 7.90. The number of aromatic amines is 1. The second-order valence-corrected chi connectivity index (χ2v) is 5.94. The molecule has 0 atom stereocenters. The summed E-state index contributed by atoms with van der Waals surface area (Å²) in [5.41, 5.74) is 3.75. The number of aromatic nitrogens is 4. The van der Waals surface area contributed by atoms with Crippen LogP contribution in [0.3, 0.4) is 0 Å². The Kier molecular flexibility index (Phi) is 5.40. The smallest absolute Gasteiger partial charge is 0.225 e. The highest BCUT2D eigenvalue weighted by Crippen LogP contribution is 2.26. The Hall–Kier alpha value is -2.73. The van der Waals surface area contributed by atoms with E-state index in [4.69, 9.17) is 11.6 Å². The molecule has 25 heavy (non-hydrogen) atoms. The molecule has 3 rings (SSSR count). The predicted molar refractivity (Wildman–Crippen MR) is 97.4 cm³/mol. The lowest BCUT2D eigenvalue weighted by atomic mass is 10.1. The first-order chi connectivity index (χ1) is 12.2. The van der Waals surface area contributed by atoms with Gasteiger partial charge >= 0.3 is 0 Å². The van der Waals surface area contributed by atoms with E-state index >= 15 is 0 Å². The Morgan fingerprint density at radius 1 is 1.24 bits per heavy atom. The first-order valence-corrected chi connectivity index (χ1v) is 8.43. The molecule has 0 spiro atoms. The summed E-state index contributed by atoms with van der Waals surface area (Å²) in [6.07, 6.45) is 6.85. The standard InChI is InChI=1S/C18H18ClN5O/c1-2-14-17(13-7-9-20-10-8-13)23-24-18(14)22-16(25)6-4-12-3-5-15(19)21-11-12/h3,5,7-11H,2,4,6H2,1H3,(H2,22,23,24,25). The lowest BCUT2D eigenvalue weighted by molar-refractivity contribution is -0.116. The molecular formula is C18H18ClN5O. The fraction of sp³-hybridized carbons (Fsp3) is 0.222. The third kappa shape index (κ3) is 4.22. The summed E-state index contributed by atoms with van der Waals surface area (Å²) < 4.78 is 0. The minimum Gasteiger partial charge on any atom is -0.311 e. The van der Waals surface area contributed by atoms with Gasteiger partial charge in [0, 0.05) is 36.1 Å². The van der Waals surface area contributed by atoms with Gasteiger partial charge in [-0.3, -0.25) is 14.9 Å². The first-order valence-electron chi connectivity index (χ1n) is 8.05. The summed E-state index contributed by atoms with van der Waals surface area (Å²) in [7, 11) is 0. The molecule has 2 N–H and O–H groups in total. The number of pyridine rings is 2. The molecule has 0 fully saturated rings. The largest absolute Gasteiger partial charge is 0.311 e. The number of carbonyl (C=O) groups is 1. The van der Waals surface area contributed by atoms with Gasteiger partial charge < -0.3 is 5.32 Å². The van der Waals surface area contributed by atoms with Crippen LogP contribution in [0.25, 0.3) is 11.3 Å². The van der Waals surface area contributed by atoms with Crippen molar-refractivity contribution in [2.24, 2.45) is 0 Å². The summed E-state index contributed by atoms with van der Waals surface area (Å²) in [6.45, 7) is 2.03. The van der Waals surface area contributed by atoms with E-state index in [0.29, 0.717) is 23.8 Å². The number of hydrogen-bond acceptors (Lipinski definition) is 4. The second-order valence-electron chi connectivity index (χ2n) is 5.55. The van der Waals surface area contributed by atoms with Crippen molar-refractivity contribution in [3.8, 4) is 11.3 Å². The molecule has 0 aliphatic heterocycles. The van der Waals surface area contributed by atoms with Gasteiger partial charge in [0.15, 0.2) is 0 Å². The molecule has 3 heterocycles. The van der Waals surface area contributed by atoms with E-state index in [-0.39, 0.29) is 5.91 Å². The molecule has 6 nitrogen and oxygen atoms in total. The van der Waals surface area contributed by atoms with E-state index < -0.39 is 0 Å². The number of halogens is 1. The van der Waals surface area contributed by atoms with Crippen LogP contribution in [-0.2, 0) is 17.6 Å². The van der Waals surface area contributed by atoms with Crippen molar-refractivity contribution in [2.45, 2.75) is 26.2 Å². The van der Waals surface area contributed by atoms with Crippen LogP contribution >= 0.6 is 11.6 Å². The monoisotopic (exact) mass is 355 g/mol. The third-order valence-electron chi connectivity index (χ3n) is 3.87. The Labute approximate surface area is 150 Å². The van der Waals surface area contributed by atoms with Gasteiger partial charge in [-0.15, -0.1) is 0 Å². The van der Waals surface area contributed by atoms with Gasteiger partial charge in [0.2, 0.25) is 5.91 Å². The van der Waals surface area contributed by atoms with Gasteiger partial charge in [-0.1, -0.05) is 24.6 Å². The number of hydrogen-bond donors (Lipinski definition) is 2. The van der Waals surface area contributed by atoms with Gasteiger partial charge in [-0.25, -0.2) is 4.98 Å². The molecular weight excluding hydrogens is 338 g/mol. The third-order valence-corrected chi connectivity index (χ3v) is 4.09. The topological polar surface area (TPSA) is 83.6 Å². The van der Waals surface area contributed by atoms with E-state index in [2.05, 4.69) is 25.5 Å². The zero-order valence-corrected chi connectivity index (χ0v) is 14.5. The number of nitrogens with one attached hydrogen (secondary N) is 2. The number of nitrogens with zero attached hydrogens (tertiary/aromatic N) is 3. The SMILES string of the molecule is CCc1c(-c2ccncc2)n[nH]c1NC(=O)CCc1ccc(Cl)nc1. The lowest BCUT2D eigenvalue weighted by Gasteiger charge is -2.06. The van der Waals surface area contributed by atoms with Crippen molar-refractivity contribution >= 4 is 23.3 Å². The predicted octanol–water partition coefficient (Wildman–Crippen LogP) is 3.65. The molecule has 0 aliphatic carbocycles. The molecule has 7 heteroatoms. The molecule has 0 unspecified atom stereocenters. The summed E-state index contributed by atoms with van der Waals surface area (Å²) in [4.78, 5) is 20.3. The van der Waals surface area contributed by atoms with Crippen LogP contribution in [0, 0.1) is 0 Å². The Morgan fingerprint density at radius 2 is 2.04 bits per heavy atom. The van der Waals surface area contributed by atoms with Gasteiger partial charge in [-0.2, -0.15) is 5.10 Å². The van der Waals surface area contributed by atoms with E-state index in [9.17, 15) is 4.79 Å². The van der Waals surface area contributed by atoms with Crippen molar-refractivity contribution in [2.75, 3.05) is 5.32 Å². The van der Waals surface area contributed by atoms with Crippen molar-refractivity contribution in [1.82, 2.24) is 20.2 Å². The molecule has 128 valence electrons. The van der Waals surface area contributed by atoms with Crippen LogP contribution in [0.5, 0.6) is 0 Å². The Bertz CT molecular complexity index is 846. The summed E-state index contributed by atoms with van der Waals surface area (Å²) in [6, 6.07) is 7.39. The number of H-pyrrole nitrogens is 1. The summed E-state index contributed by atoms with van der Waals surface area (Å²) >= 11 is 5.76. The number of carbonyl (C=O) groups excluding carboxylic acids is 1. The average Bonchev–Trinajstić information content (AvgIpc) is 3.04. The summed E-state index contributed by atoms with van der Waals surface area (Å²) in [5, 5.41) is 10.6. The number of amides is 1. The normalized spacial score (nSPS) is 10.6. The Morgan fingerprint density at radius 3 is 2.72 bits per heavy atom. The lowest BCUT2D eigenvalue weighted by Crippen LogP contribution is -2.13. The van der Waals surface area contributed by atoms with Crippen LogP contribution in [0.1, 0.15) is 24.5 Å². The van der Waals surface area contributed by atoms with Gasteiger partial charge in [-0.05, 0) is 36.6 Å². The molecule has 1 amide bonds. The first kappa shape index (κ1) is 17.1. The maximum Gasteiger partial charge on any atom is 0.225 e. The highest BCUT2D eigenvalue weighted by atomic mass is 35.5. The summed E-state index contributed by atoms with van der Waals surface area (Å²) in [5.74, 6) is 0.572. The molecule has 0 radical (unpaired) electrons. The average molecular weight is 356 g/mol. The highest BCUT2D eigenvalue weighted by Gasteiger charge is 2.15. The van der Waals surface area contributed by atoms with Gasteiger partial charge in [0.05, 0.1) is 5.69 Å². The van der Waals surface area contributed by atoms with Crippen molar-refractivity contribution < 1.29 is 4.79 Å². The number of anilines is 1.